The fourth-order valence-corrected chi connectivity index (χ4v) is 2.92. The van der Waals surface area contributed by atoms with E-state index in [-0.39, 0.29) is 5.91 Å². The lowest BCUT2D eigenvalue weighted by molar-refractivity contribution is -0.119. The molecular formula is C13H22N2O. The van der Waals surface area contributed by atoms with E-state index < -0.39 is 0 Å². The van der Waals surface area contributed by atoms with Gasteiger partial charge in [0.25, 0.3) is 0 Å². The molecule has 1 aliphatic carbocycles. The normalized spacial score (nSPS) is 34.8. The first-order valence-electron chi connectivity index (χ1n) is 6.31. The molecular weight excluding hydrogens is 200 g/mol. The van der Waals surface area contributed by atoms with Crippen LogP contribution in [0.25, 0.3) is 0 Å². The van der Waals surface area contributed by atoms with Gasteiger partial charge in [-0.05, 0) is 38.1 Å². The first-order valence-corrected chi connectivity index (χ1v) is 6.31. The molecule has 2 aliphatic rings. The van der Waals surface area contributed by atoms with Crippen LogP contribution in [0.15, 0.2) is 11.6 Å². The number of nitrogens with one attached hydrogen (secondary N) is 2. The van der Waals surface area contributed by atoms with Gasteiger partial charge in [0.05, 0.1) is 0 Å². The summed E-state index contributed by atoms with van der Waals surface area (Å²) in [6, 6.07) is 0.356. The van der Waals surface area contributed by atoms with E-state index in [9.17, 15) is 4.79 Å². The van der Waals surface area contributed by atoms with Gasteiger partial charge in [-0.1, -0.05) is 18.6 Å². The van der Waals surface area contributed by atoms with Crippen molar-refractivity contribution in [1.82, 2.24) is 10.6 Å². The van der Waals surface area contributed by atoms with E-state index in [4.69, 9.17) is 0 Å². The van der Waals surface area contributed by atoms with Crippen LogP contribution in [0.2, 0.25) is 0 Å². The molecule has 0 aromatic heterocycles. The molecule has 0 aromatic rings. The summed E-state index contributed by atoms with van der Waals surface area (Å²) < 4.78 is 0. The summed E-state index contributed by atoms with van der Waals surface area (Å²) >= 11 is 0. The summed E-state index contributed by atoms with van der Waals surface area (Å²) in [4.78, 5) is 11.0. The van der Waals surface area contributed by atoms with Crippen LogP contribution >= 0.6 is 0 Å². The SMILES string of the molecule is CC1=CC(C)CC(CNC2CNC(=O)C2)C1. The maximum absolute atomic E-state index is 11.0. The lowest BCUT2D eigenvalue weighted by Crippen LogP contribution is -2.36. The molecule has 1 heterocycles. The predicted molar refractivity (Wildman–Crippen MR) is 65.1 cm³/mol. The van der Waals surface area contributed by atoms with Crippen LogP contribution in [-0.2, 0) is 4.79 Å². The number of rotatable bonds is 3. The molecule has 0 spiro atoms. The van der Waals surface area contributed by atoms with Gasteiger partial charge in [0.15, 0.2) is 0 Å². The Balaban J connectivity index is 1.74. The van der Waals surface area contributed by atoms with Gasteiger partial charge in [0.1, 0.15) is 0 Å². The molecule has 0 bridgehead atoms. The molecule has 1 fully saturated rings. The van der Waals surface area contributed by atoms with Crippen LogP contribution in [0.4, 0.5) is 0 Å². The van der Waals surface area contributed by atoms with Crippen molar-refractivity contribution in [2.75, 3.05) is 13.1 Å². The Hall–Kier alpha value is -0.830. The van der Waals surface area contributed by atoms with Crippen LogP contribution in [0.1, 0.15) is 33.1 Å². The zero-order valence-corrected chi connectivity index (χ0v) is 10.3. The van der Waals surface area contributed by atoms with Gasteiger partial charge in [-0.15, -0.1) is 0 Å². The topological polar surface area (TPSA) is 41.1 Å². The van der Waals surface area contributed by atoms with Crippen LogP contribution in [0.5, 0.6) is 0 Å². The Morgan fingerprint density at radius 3 is 2.94 bits per heavy atom. The Bertz CT molecular complexity index is 298. The lowest BCUT2D eigenvalue weighted by Gasteiger charge is -2.26. The molecule has 16 heavy (non-hydrogen) atoms. The number of carbonyl (C=O) groups is 1. The minimum absolute atomic E-state index is 0.186. The number of amides is 1. The minimum Gasteiger partial charge on any atom is -0.354 e. The van der Waals surface area contributed by atoms with Gasteiger partial charge in [-0.25, -0.2) is 0 Å². The van der Waals surface area contributed by atoms with E-state index in [0.29, 0.717) is 18.4 Å². The highest BCUT2D eigenvalue weighted by Crippen LogP contribution is 2.27. The van der Waals surface area contributed by atoms with Crippen LogP contribution < -0.4 is 10.6 Å². The number of hydrogen-bond acceptors (Lipinski definition) is 2. The molecule has 3 unspecified atom stereocenters. The van der Waals surface area contributed by atoms with Crippen LogP contribution in [-0.4, -0.2) is 25.0 Å². The third-order valence-corrected chi connectivity index (χ3v) is 3.56. The fourth-order valence-electron chi connectivity index (χ4n) is 2.92. The second-order valence-electron chi connectivity index (χ2n) is 5.41. The monoisotopic (exact) mass is 222 g/mol. The molecule has 1 aliphatic heterocycles. The van der Waals surface area contributed by atoms with Crippen molar-refractivity contribution in [3.63, 3.8) is 0 Å². The minimum atomic E-state index is 0.186. The fraction of sp³-hybridized carbons (Fsp3) is 0.769. The van der Waals surface area contributed by atoms with Gasteiger partial charge in [-0.2, -0.15) is 0 Å². The van der Waals surface area contributed by atoms with Crippen LogP contribution in [0.3, 0.4) is 0 Å². The summed E-state index contributed by atoms with van der Waals surface area (Å²) in [5, 5.41) is 6.37. The van der Waals surface area contributed by atoms with Crippen LogP contribution in [0, 0.1) is 11.8 Å². The highest BCUT2D eigenvalue weighted by molar-refractivity contribution is 5.78. The summed E-state index contributed by atoms with van der Waals surface area (Å²) in [5.41, 5.74) is 1.52. The lowest BCUT2D eigenvalue weighted by atomic mass is 9.83. The zero-order valence-electron chi connectivity index (χ0n) is 10.3. The van der Waals surface area contributed by atoms with Gasteiger partial charge >= 0.3 is 0 Å². The van der Waals surface area contributed by atoms with Crippen molar-refractivity contribution >= 4 is 5.91 Å². The van der Waals surface area contributed by atoms with E-state index in [1.54, 1.807) is 0 Å². The smallest absolute Gasteiger partial charge is 0.221 e. The number of hydrogen-bond donors (Lipinski definition) is 2. The molecule has 0 saturated carbocycles. The standard InChI is InChI=1S/C13H22N2O/c1-9-3-10(2)5-11(4-9)7-14-12-6-13(16)15-8-12/h3,9,11-12,14H,4-8H2,1-2H3,(H,15,16). The van der Waals surface area contributed by atoms with Crippen molar-refractivity contribution in [2.45, 2.75) is 39.2 Å². The third-order valence-electron chi connectivity index (χ3n) is 3.56. The molecule has 3 nitrogen and oxygen atoms in total. The average Bonchev–Trinajstić information content (AvgIpc) is 2.60. The molecule has 3 atom stereocenters. The molecule has 2 rings (SSSR count). The van der Waals surface area contributed by atoms with E-state index >= 15 is 0 Å². The Kier molecular flexibility index (Phi) is 3.64. The summed E-state index contributed by atoms with van der Waals surface area (Å²) in [6.07, 6.45) is 5.53. The second-order valence-corrected chi connectivity index (χ2v) is 5.41. The first-order chi connectivity index (χ1) is 7.63. The Labute approximate surface area is 97.7 Å². The van der Waals surface area contributed by atoms with E-state index in [2.05, 4.69) is 30.6 Å². The molecule has 0 radical (unpaired) electrons. The summed E-state index contributed by atoms with van der Waals surface area (Å²) in [7, 11) is 0. The van der Waals surface area contributed by atoms with Crippen molar-refractivity contribution in [2.24, 2.45) is 11.8 Å². The molecule has 1 saturated heterocycles. The maximum Gasteiger partial charge on any atom is 0.221 e. The highest BCUT2D eigenvalue weighted by Gasteiger charge is 2.23. The molecule has 0 aromatic carbocycles. The number of carbonyl (C=O) groups excluding carboxylic acids is 1. The molecule has 2 N–H and O–H groups in total. The molecule has 3 heteroatoms. The van der Waals surface area contributed by atoms with Crippen molar-refractivity contribution in [3.05, 3.63) is 11.6 Å². The van der Waals surface area contributed by atoms with E-state index in [0.717, 1.165) is 19.0 Å². The quantitative estimate of drug-likeness (QED) is 0.710. The maximum atomic E-state index is 11.0. The van der Waals surface area contributed by atoms with Crippen molar-refractivity contribution < 1.29 is 4.79 Å². The van der Waals surface area contributed by atoms with Gasteiger partial charge in [-0.3, -0.25) is 4.79 Å². The van der Waals surface area contributed by atoms with E-state index in [1.807, 2.05) is 0 Å². The molecule has 90 valence electrons. The van der Waals surface area contributed by atoms with Gasteiger partial charge in [0.2, 0.25) is 5.91 Å². The number of allylic oxidation sites excluding steroid dienone is 2. The summed E-state index contributed by atoms with van der Waals surface area (Å²) in [5.74, 6) is 1.64. The highest BCUT2D eigenvalue weighted by atomic mass is 16.1. The zero-order chi connectivity index (χ0) is 11.5. The predicted octanol–water partition coefficient (Wildman–Crippen LogP) is 1.46. The second kappa shape index (κ2) is 5.00. The van der Waals surface area contributed by atoms with E-state index in [1.165, 1.54) is 18.4 Å². The largest absolute Gasteiger partial charge is 0.354 e. The van der Waals surface area contributed by atoms with Gasteiger partial charge < -0.3 is 10.6 Å². The Morgan fingerprint density at radius 2 is 2.31 bits per heavy atom. The van der Waals surface area contributed by atoms with Gasteiger partial charge in [0, 0.05) is 19.0 Å². The van der Waals surface area contributed by atoms with Crippen molar-refractivity contribution in [1.29, 1.82) is 0 Å². The first kappa shape index (κ1) is 11.6. The van der Waals surface area contributed by atoms with Crippen molar-refractivity contribution in [3.8, 4) is 0 Å². The average molecular weight is 222 g/mol. The Morgan fingerprint density at radius 1 is 1.50 bits per heavy atom. The summed E-state index contributed by atoms with van der Waals surface area (Å²) in [6.45, 7) is 6.37. The molecule has 1 amide bonds. The third kappa shape index (κ3) is 3.08.